The molecule has 1 heterocycles. The van der Waals surface area contributed by atoms with Crippen molar-refractivity contribution < 1.29 is 0 Å². The van der Waals surface area contributed by atoms with Gasteiger partial charge in [0.15, 0.2) is 0 Å². The zero-order chi connectivity index (χ0) is 9.03. The first-order valence-corrected chi connectivity index (χ1v) is 4.80. The van der Waals surface area contributed by atoms with Crippen LogP contribution in [0.15, 0.2) is 0 Å². The summed E-state index contributed by atoms with van der Waals surface area (Å²) in [7, 11) is 0. The van der Waals surface area contributed by atoms with Crippen molar-refractivity contribution >= 4 is 0 Å². The standard InChI is InChI=1S/C11H19N/c1-11(2,3)7-6-10-12-8-4-5-9-12/h4-5,8-10H2,1-3H3. The third-order valence-corrected chi connectivity index (χ3v) is 1.96. The van der Waals surface area contributed by atoms with Crippen molar-refractivity contribution in [2.45, 2.75) is 33.6 Å². The number of rotatable bonds is 1. The lowest BCUT2D eigenvalue weighted by molar-refractivity contribution is 0.382. The van der Waals surface area contributed by atoms with E-state index in [2.05, 4.69) is 37.5 Å². The van der Waals surface area contributed by atoms with E-state index in [-0.39, 0.29) is 5.41 Å². The first-order chi connectivity index (χ1) is 5.58. The van der Waals surface area contributed by atoms with Gasteiger partial charge in [-0.1, -0.05) is 11.8 Å². The normalized spacial score (nSPS) is 18.9. The average Bonchev–Trinajstić information content (AvgIpc) is 2.36. The van der Waals surface area contributed by atoms with E-state index in [1.165, 1.54) is 25.9 Å². The molecule has 1 nitrogen and oxygen atoms in total. The van der Waals surface area contributed by atoms with Crippen LogP contribution in [0.4, 0.5) is 0 Å². The summed E-state index contributed by atoms with van der Waals surface area (Å²) in [5.41, 5.74) is 0.166. The smallest absolute Gasteiger partial charge is 0.0601 e. The summed E-state index contributed by atoms with van der Waals surface area (Å²) in [5.74, 6) is 6.50. The van der Waals surface area contributed by atoms with Crippen LogP contribution in [0.5, 0.6) is 0 Å². The fourth-order valence-electron chi connectivity index (χ4n) is 1.36. The lowest BCUT2D eigenvalue weighted by Gasteiger charge is -2.11. The summed E-state index contributed by atoms with van der Waals surface area (Å²) in [6, 6.07) is 0. The van der Waals surface area contributed by atoms with E-state index in [0.717, 1.165) is 6.54 Å². The van der Waals surface area contributed by atoms with Gasteiger partial charge in [-0.2, -0.15) is 0 Å². The number of nitrogens with zero attached hydrogens (tertiary/aromatic N) is 1. The van der Waals surface area contributed by atoms with Gasteiger partial charge in [0.05, 0.1) is 6.54 Å². The largest absolute Gasteiger partial charge is 0.292 e. The van der Waals surface area contributed by atoms with Crippen LogP contribution in [0.3, 0.4) is 0 Å². The van der Waals surface area contributed by atoms with Crippen LogP contribution >= 0.6 is 0 Å². The molecule has 1 aliphatic rings. The maximum absolute atomic E-state index is 3.26. The van der Waals surface area contributed by atoms with Crippen molar-refractivity contribution in [2.24, 2.45) is 5.41 Å². The van der Waals surface area contributed by atoms with Gasteiger partial charge in [0.2, 0.25) is 0 Å². The van der Waals surface area contributed by atoms with Crippen LogP contribution in [0.25, 0.3) is 0 Å². The van der Waals surface area contributed by atoms with Crippen LogP contribution < -0.4 is 0 Å². The fourth-order valence-corrected chi connectivity index (χ4v) is 1.36. The van der Waals surface area contributed by atoms with Gasteiger partial charge >= 0.3 is 0 Å². The van der Waals surface area contributed by atoms with Crippen molar-refractivity contribution in [2.75, 3.05) is 19.6 Å². The Balaban J connectivity index is 2.26. The van der Waals surface area contributed by atoms with Crippen LogP contribution in [-0.2, 0) is 0 Å². The zero-order valence-electron chi connectivity index (χ0n) is 8.48. The van der Waals surface area contributed by atoms with Gasteiger partial charge in [0, 0.05) is 5.41 Å². The maximum atomic E-state index is 3.26. The average molecular weight is 165 g/mol. The second-order valence-corrected chi connectivity index (χ2v) is 4.54. The molecule has 1 fully saturated rings. The van der Waals surface area contributed by atoms with E-state index in [9.17, 15) is 0 Å². The highest BCUT2D eigenvalue weighted by Gasteiger charge is 2.09. The Morgan fingerprint density at radius 1 is 1.17 bits per heavy atom. The molecule has 0 aromatic carbocycles. The summed E-state index contributed by atoms with van der Waals surface area (Å²) in [6.07, 6.45) is 2.72. The van der Waals surface area contributed by atoms with Crippen LogP contribution in [-0.4, -0.2) is 24.5 Å². The van der Waals surface area contributed by atoms with E-state index < -0.39 is 0 Å². The minimum atomic E-state index is 0.166. The van der Waals surface area contributed by atoms with Crippen LogP contribution in [0.1, 0.15) is 33.6 Å². The topological polar surface area (TPSA) is 3.24 Å². The highest BCUT2D eigenvalue weighted by molar-refractivity contribution is 5.08. The van der Waals surface area contributed by atoms with Crippen molar-refractivity contribution in [3.05, 3.63) is 0 Å². The second-order valence-electron chi connectivity index (χ2n) is 4.54. The van der Waals surface area contributed by atoms with Gasteiger partial charge in [0.1, 0.15) is 0 Å². The molecule has 0 radical (unpaired) electrons. The van der Waals surface area contributed by atoms with Crippen molar-refractivity contribution in [1.82, 2.24) is 4.90 Å². The quantitative estimate of drug-likeness (QED) is 0.538. The summed E-state index contributed by atoms with van der Waals surface area (Å²) in [5, 5.41) is 0. The van der Waals surface area contributed by atoms with Gasteiger partial charge in [0.25, 0.3) is 0 Å². The summed E-state index contributed by atoms with van der Waals surface area (Å²) < 4.78 is 0. The number of hydrogen-bond donors (Lipinski definition) is 0. The molecule has 1 rings (SSSR count). The molecule has 1 aliphatic heterocycles. The lowest BCUT2D eigenvalue weighted by Crippen LogP contribution is -2.19. The Labute approximate surface area is 76.1 Å². The first kappa shape index (κ1) is 9.61. The van der Waals surface area contributed by atoms with E-state index in [4.69, 9.17) is 0 Å². The summed E-state index contributed by atoms with van der Waals surface area (Å²) in [4.78, 5) is 2.43. The van der Waals surface area contributed by atoms with Gasteiger partial charge in [-0.25, -0.2) is 0 Å². The van der Waals surface area contributed by atoms with Gasteiger partial charge in [-0.15, -0.1) is 0 Å². The molecule has 1 heteroatoms. The minimum Gasteiger partial charge on any atom is -0.292 e. The Bertz CT molecular complexity index is 183. The zero-order valence-corrected chi connectivity index (χ0v) is 8.48. The molecule has 0 spiro atoms. The molecule has 0 amide bonds. The van der Waals surface area contributed by atoms with Gasteiger partial charge < -0.3 is 0 Å². The summed E-state index contributed by atoms with van der Waals surface area (Å²) >= 11 is 0. The second kappa shape index (κ2) is 3.96. The molecule has 68 valence electrons. The molecule has 0 aromatic heterocycles. The van der Waals surface area contributed by atoms with Crippen LogP contribution in [0.2, 0.25) is 0 Å². The van der Waals surface area contributed by atoms with Gasteiger partial charge in [-0.3, -0.25) is 4.90 Å². The molecular weight excluding hydrogens is 146 g/mol. The monoisotopic (exact) mass is 165 g/mol. The third-order valence-electron chi connectivity index (χ3n) is 1.96. The van der Waals surface area contributed by atoms with E-state index in [1.807, 2.05) is 0 Å². The predicted molar refractivity (Wildman–Crippen MR) is 52.9 cm³/mol. The van der Waals surface area contributed by atoms with Crippen molar-refractivity contribution in [3.8, 4) is 11.8 Å². The molecule has 0 aromatic rings. The summed E-state index contributed by atoms with van der Waals surface area (Å²) in [6.45, 7) is 9.94. The molecule has 0 aliphatic carbocycles. The molecule has 0 unspecified atom stereocenters. The molecule has 0 bridgehead atoms. The molecular formula is C11H19N. The highest BCUT2D eigenvalue weighted by atomic mass is 15.1. The van der Waals surface area contributed by atoms with Crippen molar-refractivity contribution in [3.63, 3.8) is 0 Å². The molecule has 1 saturated heterocycles. The maximum Gasteiger partial charge on any atom is 0.0601 e. The Morgan fingerprint density at radius 3 is 2.25 bits per heavy atom. The lowest BCUT2D eigenvalue weighted by atomic mass is 9.98. The van der Waals surface area contributed by atoms with E-state index in [1.54, 1.807) is 0 Å². The van der Waals surface area contributed by atoms with Crippen molar-refractivity contribution in [1.29, 1.82) is 0 Å². The highest BCUT2D eigenvalue weighted by Crippen LogP contribution is 2.10. The fraction of sp³-hybridized carbons (Fsp3) is 0.818. The Morgan fingerprint density at radius 2 is 1.75 bits per heavy atom. The van der Waals surface area contributed by atoms with E-state index >= 15 is 0 Å². The van der Waals surface area contributed by atoms with E-state index in [0.29, 0.717) is 0 Å². The molecule has 0 atom stereocenters. The first-order valence-electron chi connectivity index (χ1n) is 4.80. The van der Waals surface area contributed by atoms with Gasteiger partial charge in [-0.05, 0) is 46.7 Å². The van der Waals surface area contributed by atoms with Crippen LogP contribution in [0, 0.1) is 17.3 Å². The SMILES string of the molecule is CC(C)(C)C#CCN1CCCC1. The Kier molecular flexibility index (Phi) is 3.17. The molecule has 12 heavy (non-hydrogen) atoms. The number of likely N-dealkylation sites (tertiary alicyclic amines) is 1. The minimum absolute atomic E-state index is 0.166. The molecule has 0 saturated carbocycles. The Hall–Kier alpha value is -0.480. The third kappa shape index (κ3) is 3.78. The predicted octanol–water partition coefficient (Wildman–Crippen LogP) is 2.13. The molecule has 0 N–H and O–H groups in total. The number of hydrogen-bond acceptors (Lipinski definition) is 1.